The SMILES string of the molecule is Cc1cc(S(=O)(=O)NC2CCCNC2C)ccc1Br. The molecule has 106 valence electrons. The molecule has 1 aliphatic rings. The van der Waals surface area contributed by atoms with Crippen LogP contribution in [0, 0.1) is 6.92 Å². The minimum absolute atomic E-state index is 0.0392. The predicted octanol–water partition coefficient (Wildman–Crippen LogP) is 2.18. The van der Waals surface area contributed by atoms with Crippen LogP contribution in [0.3, 0.4) is 0 Å². The van der Waals surface area contributed by atoms with Crippen molar-refractivity contribution in [2.45, 2.75) is 43.7 Å². The summed E-state index contributed by atoms with van der Waals surface area (Å²) < 4.78 is 28.4. The Bertz CT molecular complexity index is 560. The van der Waals surface area contributed by atoms with E-state index >= 15 is 0 Å². The Morgan fingerprint density at radius 1 is 1.42 bits per heavy atom. The van der Waals surface area contributed by atoms with Crippen LogP contribution in [0.5, 0.6) is 0 Å². The minimum Gasteiger partial charge on any atom is -0.313 e. The molecule has 1 fully saturated rings. The quantitative estimate of drug-likeness (QED) is 0.881. The van der Waals surface area contributed by atoms with Gasteiger partial charge in [0, 0.05) is 16.6 Å². The molecule has 19 heavy (non-hydrogen) atoms. The number of halogens is 1. The van der Waals surface area contributed by atoms with E-state index in [9.17, 15) is 8.42 Å². The first-order chi connectivity index (χ1) is 8.90. The maximum Gasteiger partial charge on any atom is 0.240 e. The summed E-state index contributed by atoms with van der Waals surface area (Å²) in [5.41, 5.74) is 0.915. The van der Waals surface area contributed by atoms with Crippen LogP contribution >= 0.6 is 15.9 Å². The summed E-state index contributed by atoms with van der Waals surface area (Å²) >= 11 is 3.38. The predicted molar refractivity (Wildman–Crippen MR) is 79.7 cm³/mol. The van der Waals surface area contributed by atoms with E-state index in [1.165, 1.54) is 0 Å². The maximum atomic E-state index is 12.4. The minimum atomic E-state index is -3.44. The molecule has 1 heterocycles. The molecule has 0 aromatic heterocycles. The summed E-state index contributed by atoms with van der Waals surface area (Å²) in [5, 5.41) is 3.29. The summed E-state index contributed by atoms with van der Waals surface area (Å²) in [7, 11) is -3.44. The zero-order valence-corrected chi connectivity index (χ0v) is 13.5. The van der Waals surface area contributed by atoms with Crippen LogP contribution < -0.4 is 10.0 Å². The van der Waals surface area contributed by atoms with Gasteiger partial charge in [-0.25, -0.2) is 13.1 Å². The monoisotopic (exact) mass is 346 g/mol. The number of piperidine rings is 1. The number of hydrogen-bond acceptors (Lipinski definition) is 3. The zero-order chi connectivity index (χ0) is 14.0. The molecule has 0 bridgehead atoms. The van der Waals surface area contributed by atoms with Crippen LogP contribution in [0.1, 0.15) is 25.3 Å². The lowest BCUT2D eigenvalue weighted by Gasteiger charge is -2.30. The molecule has 1 saturated heterocycles. The fourth-order valence-corrected chi connectivity index (χ4v) is 3.94. The van der Waals surface area contributed by atoms with Gasteiger partial charge in [0.25, 0.3) is 0 Å². The number of rotatable bonds is 3. The molecule has 1 aliphatic heterocycles. The molecule has 0 spiro atoms. The fourth-order valence-electron chi connectivity index (χ4n) is 2.26. The molecule has 0 amide bonds. The van der Waals surface area contributed by atoms with Gasteiger partial charge in [0.05, 0.1) is 4.90 Å². The maximum absolute atomic E-state index is 12.4. The summed E-state index contributed by atoms with van der Waals surface area (Å²) in [5.74, 6) is 0. The molecule has 2 rings (SSSR count). The first-order valence-corrected chi connectivity index (χ1v) is 8.69. The topological polar surface area (TPSA) is 58.2 Å². The van der Waals surface area contributed by atoms with Gasteiger partial charge in [0.1, 0.15) is 0 Å². The summed E-state index contributed by atoms with van der Waals surface area (Å²) in [4.78, 5) is 0.325. The van der Waals surface area contributed by atoms with E-state index in [0.717, 1.165) is 29.4 Å². The number of aryl methyl sites for hydroxylation is 1. The molecular formula is C13H19BrN2O2S. The van der Waals surface area contributed by atoms with Crippen LogP contribution in [-0.2, 0) is 10.0 Å². The molecule has 4 nitrogen and oxygen atoms in total. The number of nitrogens with one attached hydrogen (secondary N) is 2. The van der Waals surface area contributed by atoms with Crippen molar-refractivity contribution in [2.75, 3.05) is 6.54 Å². The highest BCUT2D eigenvalue weighted by atomic mass is 79.9. The van der Waals surface area contributed by atoms with E-state index in [1.54, 1.807) is 18.2 Å². The van der Waals surface area contributed by atoms with E-state index in [4.69, 9.17) is 0 Å². The Balaban J connectivity index is 2.19. The molecular weight excluding hydrogens is 328 g/mol. The zero-order valence-electron chi connectivity index (χ0n) is 11.1. The average molecular weight is 347 g/mol. The van der Waals surface area contributed by atoms with Gasteiger partial charge in [-0.3, -0.25) is 0 Å². The van der Waals surface area contributed by atoms with Crippen LogP contribution in [0.25, 0.3) is 0 Å². The first kappa shape index (κ1) is 15.0. The molecule has 0 radical (unpaired) electrons. The van der Waals surface area contributed by atoms with Gasteiger partial charge in [-0.2, -0.15) is 0 Å². The van der Waals surface area contributed by atoms with E-state index < -0.39 is 10.0 Å². The summed E-state index contributed by atoms with van der Waals surface area (Å²) in [6, 6.07) is 5.21. The third-order valence-corrected chi connectivity index (χ3v) is 5.89. The average Bonchev–Trinajstić information content (AvgIpc) is 2.35. The number of benzene rings is 1. The van der Waals surface area contributed by atoms with Gasteiger partial charge in [0.2, 0.25) is 10.0 Å². The van der Waals surface area contributed by atoms with E-state index in [-0.39, 0.29) is 12.1 Å². The van der Waals surface area contributed by atoms with Crippen molar-refractivity contribution in [3.05, 3.63) is 28.2 Å². The third-order valence-electron chi connectivity index (χ3n) is 3.51. The van der Waals surface area contributed by atoms with E-state index in [1.807, 2.05) is 13.8 Å². The lowest BCUT2D eigenvalue weighted by Crippen LogP contribution is -2.51. The Kier molecular flexibility index (Phi) is 4.66. The molecule has 1 aromatic carbocycles. The van der Waals surface area contributed by atoms with Gasteiger partial charge in [-0.15, -0.1) is 0 Å². The Hall–Kier alpha value is -0.430. The molecule has 0 saturated carbocycles. The first-order valence-electron chi connectivity index (χ1n) is 6.42. The van der Waals surface area contributed by atoms with Crippen LogP contribution in [-0.4, -0.2) is 27.0 Å². The molecule has 2 unspecified atom stereocenters. The second-order valence-corrected chi connectivity index (χ2v) is 7.59. The highest BCUT2D eigenvalue weighted by Crippen LogP contribution is 2.21. The molecule has 2 N–H and O–H groups in total. The van der Waals surface area contributed by atoms with E-state index in [0.29, 0.717) is 4.90 Å². The van der Waals surface area contributed by atoms with Gasteiger partial charge < -0.3 is 5.32 Å². The van der Waals surface area contributed by atoms with Crippen molar-refractivity contribution >= 4 is 26.0 Å². The largest absolute Gasteiger partial charge is 0.313 e. The third kappa shape index (κ3) is 3.56. The Morgan fingerprint density at radius 2 is 2.16 bits per heavy atom. The van der Waals surface area contributed by atoms with Crippen molar-refractivity contribution in [3.63, 3.8) is 0 Å². The van der Waals surface area contributed by atoms with Crippen molar-refractivity contribution in [2.24, 2.45) is 0 Å². The van der Waals surface area contributed by atoms with Gasteiger partial charge in [-0.05, 0) is 57.0 Å². The molecule has 2 atom stereocenters. The second kappa shape index (κ2) is 5.91. The van der Waals surface area contributed by atoms with E-state index in [2.05, 4.69) is 26.0 Å². The smallest absolute Gasteiger partial charge is 0.240 e. The molecule has 1 aromatic rings. The van der Waals surface area contributed by atoms with Crippen LogP contribution in [0.2, 0.25) is 0 Å². The Morgan fingerprint density at radius 3 is 2.79 bits per heavy atom. The molecule has 0 aliphatic carbocycles. The number of hydrogen-bond donors (Lipinski definition) is 2. The summed E-state index contributed by atoms with van der Waals surface area (Å²) in [6.45, 7) is 4.85. The van der Waals surface area contributed by atoms with Crippen molar-refractivity contribution < 1.29 is 8.42 Å². The standard InChI is InChI=1S/C13H19BrN2O2S/c1-9-8-11(5-6-12(9)14)19(17,18)16-13-4-3-7-15-10(13)2/h5-6,8,10,13,15-16H,3-4,7H2,1-2H3. The van der Waals surface area contributed by atoms with Crippen LogP contribution in [0.15, 0.2) is 27.6 Å². The van der Waals surface area contributed by atoms with Crippen LogP contribution in [0.4, 0.5) is 0 Å². The lowest BCUT2D eigenvalue weighted by atomic mass is 10.0. The van der Waals surface area contributed by atoms with Gasteiger partial charge in [0.15, 0.2) is 0 Å². The highest BCUT2D eigenvalue weighted by molar-refractivity contribution is 9.10. The second-order valence-electron chi connectivity index (χ2n) is 5.02. The highest BCUT2D eigenvalue weighted by Gasteiger charge is 2.26. The normalized spacial score (nSPS) is 24.4. The van der Waals surface area contributed by atoms with Crippen molar-refractivity contribution in [1.29, 1.82) is 0 Å². The van der Waals surface area contributed by atoms with Gasteiger partial charge >= 0.3 is 0 Å². The lowest BCUT2D eigenvalue weighted by molar-refractivity contribution is 0.349. The molecule has 6 heteroatoms. The summed E-state index contributed by atoms with van der Waals surface area (Å²) in [6.07, 6.45) is 1.87. The Labute approximate surface area is 123 Å². The van der Waals surface area contributed by atoms with Crippen molar-refractivity contribution in [1.82, 2.24) is 10.0 Å². The van der Waals surface area contributed by atoms with Crippen molar-refractivity contribution in [3.8, 4) is 0 Å². The number of sulfonamides is 1. The van der Waals surface area contributed by atoms with Gasteiger partial charge in [-0.1, -0.05) is 15.9 Å². The fraction of sp³-hybridized carbons (Fsp3) is 0.538.